The van der Waals surface area contributed by atoms with Crippen molar-refractivity contribution in [1.29, 1.82) is 0 Å². The zero-order valence-corrected chi connectivity index (χ0v) is 3.08. The topological polar surface area (TPSA) is 33.6 Å². The molecule has 3 nitrogen and oxygen atoms in total. The van der Waals surface area contributed by atoms with Crippen LogP contribution in [0, 0.1) is 0 Å². The molecule has 0 unspecified atom stereocenters. The zero-order valence-electron chi connectivity index (χ0n) is 2.26. The van der Waals surface area contributed by atoms with E-state index in [4.69, 9.17) is 0 Å². The lowest BCUT2D eigenvalue weighted by atomic mass is 11.7. The second-order valence-corrected chi connectivity index (χ2v) is 0.977. The van der Waals surface area contributed by atoms with Gasteiger partial charge in [0.05, 0.1) is 12.0 Å². The minimum absolute atomic E-state index is 1.05. The Morgan fingerprint density at radius 3 is 3.20 bits per heavy atom. The van der Waals surface area contributed by atoms with Crippen molar-refractivity contribution in [2.24, 2.45) is 5.10 Å². The Balaban J connectivity index is 2.32. The Kier molecular flexibility index (Phi) is 0.764. The van der Waals surface area contributed by atoms with Gasteiger partial charge in [0, 0.05) is 0 Å². The zero-order chi connectivity index (χ0) is 3.54. The Hall–Kier alpha value is -0.220. The van der Waals surface area contributed by atoms with E-state index in [0.29, 0.717) is 0 Å². The summed E-state index contributed by atoms with van der Waals surface area (Å²) in [6.45, 7) is 0. The molecule has 5 heavy (non-hydrogen) atoms. The average molecular weight is 89.1 g/mol. The number of hydrazone groups is 1. The number of hydrogen-bond donors (Lipinski definition) is 1. The molecular formula is CHN2OS. The summed E-state index contributed by atoms with van der Waals surface area (Å²) in [5.74, 6) is 0. The van der Waals surface area contributed by atoms with E-state index in [1.807, 2.05) is 0 Å². The second kappa shape index (κ2) is 1.28. The van der Waals surface area contributed by atoms with Crippen LogP contribution in [0.2, 0.25) is 0 Å². The van der Waals surface area contributed by atoms with Crippen LogP contribution in [0.3, 0.4) is 0 Å². The summed E-state index contributed by atoms with van der Waals surface area (Å²) < 4.78 is 4.33. The molecule has 0 atom stereocenters. The lowest BCUT2D eigenvalue weighted by Crippen LogP contribution is -1.89. The quantitative estimate of drug-likeness (QED) is 0.424. The van der Waals surface area contributed by atoms with Crippen LogP contribution in [0.15, 0.2) is 5.10 Å². The van der Waals surface area contributed by atoms with Crippen LogP contribution < -0.4 is 5.59 Å². The normalized spacial score (nSPS) is 19.2. The summed E-state index contributed by atoms with van der Waals surface area (Å²) in [4.78, 5) is 0. The van der Waals surface area contributed by atoms with Crippen LogP contribution in [0.5, 0.6) is 0 Å². The molecule has 0 aromatic rings. The Morgan fingerprint density at radius 1 is 2.00 bits per heavy atom. The molecule has 0 spiro atoms. The number of nitrogens with one attached hydrogen (secondary N) is 1. The predicted octanol–water partition coefficient (Wildman–Crippen LogP) is -0.0103. The first-order chi connectivity index (χ1) is 2.50. The number of hydrogen-bond acceptors (Lipinski definition) is 4. The van der Waals surface area contributed by atoms with Crippen molar-refractivity contribution in [3.8, 4) is 0 Å². The molecule has 1 heterocycles. The van der Waals surface area contributed by atoms with E-state index in [0.717, 1.165) is 12.0 Å². The molecular weight excluding hydrogens is 88.1 g/mol. The highest BCUT2D eigenvalue weighted by Gasteiger charge is 1.86. The van der Waals surface area contributed by atoms with Crippen molar-refractivity contribution < 1.29 is 4.28 Å². The van der Waals surface area contributed by atoms with Crippen molar-refractivity contribution in [1.82, 2.24) is 5.59 Å². The van der Waals surface area contributed by atoms with E-state index in [2.05, 4.69) is 20.5 Å². The Labute approximate surface area is 33.5 Å². The van der Waals surface area contributed by atoms with Gasteiger partial charge in [0.1, 0.15) is 0 Å². The van der Waals surface area contributed by atoms with Gasteiger partial charge in [-0.2, -0.15) is 9.87 Å². The lowest BCUT2D eigenvalue weighted by molar-refractivity contribution is 0.259. The highest BCUT2D eigenvalue weighted by atomic mass is 32.2. The smallest absolute Gasteiger partial charge is 0.181 e. The molecule has 4 heteroatoms. The van der Waals surface area contributed by atoms with E-state index in [-0.39, 0.29) is 0 Å². The molecule has 0 aliphatic carbocycles. The Morgan fingerprint density at radius 2 is 3.00 bits per heavy atom. The summed E-state index contributed by atoms with van der Waals surface area (Å²) >= 11 is 1.05. The first-order valence-electron chi connectivity index (χ1n) is 1.02. The van der Waals surface area contributed by atoms with E-state index in [1.54, 1.807) is 0 Å². The third kappa shape index (κ3) is 0.524. The van der Waals surface area contributed by atoms with Gasteiger partial charge in [-0.15, -0.1) is 5.10 Å². The molecule has 1 aliphatic heterocycles. The monoisotopic (exact) mass is 89.0 g/mol. The van der Waals surface area contributed by atoms with Crippen molar-refractivity contribution in [3.63, 3.8) is 0 Å². The molecule has 27 valence electrons. The van der Waals surface area contributed by atoms with Gasteiger partial charge in [0.15, 0.2) is 5.55 Å². The first-order valence-corrected chi connectivity index (χ1v) is 1.76. The average Bonchev–Trinajstić information content (AvgIpc) is 1.76. The summed E-state index contributed by atoms with van der Waals surface area (Å²) in [6, 6.07) is 0. The third-order valence-electron chi connectivity index (χ3n) is 0.207. The van der Waals surface area contributed by atoms with E-state index in [1.165, 1.54) is 0 Å². The fraction of sp³-hybridized carbons (Fsp3) is 0. The molecule has 0 aromatic carbocycles. The van der Waals surface area contributed by atoms with Crippen LogP contribution >= 0.6 is 12.0 Å². The van der Waals surface area contributed by atoms with E-state index in [9.17, 15) is 0 Å². The lowest BCUT2D eigenvalue weighted by Gasteiger charge is -1.76. The third-order valence-corrected chi connectivity index (χ3v) is 0.531. The fourth-order valence-corrected chi connectivity index (χ4v) is 0.280. The second-order valence-electron chi connectivity index (χ2n) is 0.461. The predicted molar refractivity (Wildman–Crippen MR) is 19.2 cm³/mol. The van der Waals surface area contributed by atoms with E-state index < -0.39 is 0 Å². The van der Waals surface area contributed by atoms with Gasteiger partial charge in [-0.3, -0.25) is 0 Å². The fourth-order valence-electron chi connectivity index (χ4n) is 0.0932. The number of nitrogens with zero attached hydrogens (tertiary/aromatic N) is 1. The maximum atomic E-state index is 4.33. The van der Waals surface area contributed by atoms with Gasteiger partial charge in [-0.1, -0.05) is 0 Å². The van der Waals surface area contributed by atoms with Crippen molar-refractivity contribution >= 4 is 17.6 Å². The highest BCUT2D eigenvalue weighted by Crippen LogP contribution is 1.97. The molecule has 0 bridgehead atoms. The molecule has 1 aliphatic rings. The van der Waals surface area contributed by atoms with Crippen molar-refractivity contribution in [2.45, 2.75) is 0 Å². The standard InChI is InChI=1S/CHN2OS/c1-2-3-4-5-1/h3H. The minimum Gasteiger partial charge on any atom is -0.181 e. The van der Waals surface area contributed by atoms with Gasteiger partial charge in [-0.05, 0) is 0 Å². The molecule has 0 amide bonds. The summed E-state index contributed by atoms with van der Waals surface area (Å²) in [5, 5.41) is 3.32. The molecule has 1 rings (SSSR count). The molecule has 0 aromatic heterocycles. The summed E-state index contributed by atoms with van der Waals surface area (Å²) in [7, 11) is 0. The SMILES string of the molecule is [C]1=NNOS1. The highest BCUT2D eigenvalue weighted by molar-refractivity contribution is 8.08. The van der Waals surface area contributed by atoms with Gasteiger partial charge in [0.2, 0.25) is 0 Å². The summed E-state index contributed by atoms with van der Waals surface area (Å²) in [5.41, 5.74) is 4.63. The van der Waals surface area contributed by atoms with Crippen molar-refractivity contribution in [3.05, 3.63) is 0 Å². The van der Waals surface area contributed by atoms with Crippen molar-refractivity contribution in [2.75, 3.05) is 0 Å². The van der Waals surface area contributed by atoms with Crippen LogP contribution in [-0.2, 0) is 4.28 Å². The largest absolute Gasteiger partial charge is 0.185 e. The molecule has 1 N–H and O–H groups in total. The van der Waals surface area contributed by atoms with Crippen LogP contribution in [-0.4, -0.2) is 5.55 Å². The molecule has 1 radical (unpaired) electrons. The Bertz CT molecular complexity index is 47.6. The minimum atomic E-state index is 1.05. The number of rotatable bonds is 0. The maximum absolute atomic E-state index is 4.33. The van der Waals surface area contributed by atoms with Gasteiger partial charge >= 0.3 is 0 Å². The van der Waals surface area contributed by atoms with Gasteiger partial charge < -0.3 is 0 Å². The van der Waals surface area contributed by atoms with Gasteiger partial charge in [0.25, 0.3) is 0 Å². The van der Waals surface area contributed by atoms with Crippen LogP contribution in [0.25, 0.3) is 0 Å². The molecule has 0 saturated carbocycles. The van der Waals surface area contributed by atoms with Gasteiger partial charge in [-0.25, -0.2) is 0 Å². The van der Waals surface area contributed by atoms with E-state index >= 15 is 0 Å². The molecule has 0 saturated heterocycles. The first kappa shape index (κ1) is 2.99. The maximum Gasteiger partial charge on any atom is 0.185 e. The summed E-state index contributed by atoms with van der Waals surface area (Å²) in [6.07, 6.45) is 0. The van der Waals surface area contributed by atoms with Crippen LogP contribution in [0.1, 0.15) is 0 Å². The van der Waals surface area contributed by atoms with Crippen LogP contribution in [0.4, 0.5) is 0 Å². The molecule has 0 fully saturated rings.